The molecule has 33 heavy (non-hydrogen) atoms. The first kappa shape index (κ1) is 22.2. The zero-order valence-electron chi connectivity index (χ0n) is 18.5. The lowest BCUT2D eigenvalue weighted by molar-refractivity contribution is -0.153. The molecule has 0 aliphatic carbocycles. The number of esters is 1. The molecule has 7 nitrogen and oxygen atoms in total. The van der Waals surface area contributed by atoms with E-state index in [-0.39, 0.29) is 36.2 Å². The number of nitrogens with zero attached hydrogens (tertiary/aromatic N) is 2. The third-order valence-electron chi connectivity index (χ3n) is 7.10. The number of amides is 2. The summed E-state index contributed by atoms with van der Waals surface area (Å²) < 4.78 is 4.58. The molecule has 0 bridgehead atoms. The van der Waals surface area contributed by atoms with Crippen molar-refractivity contribution in [3.8, 4) is 0 Å². The van der Waals surface area contributed by atoms with Gasteiger partial charge in [-0.05, 0) is 18.9 Å². The fourth-order valence-corrected chi connectivity index (χ4v) is 7.59. The van der Waals surface area contributed by atoms with Crippen molar-refractivity contribution in [3.63, 3.8) is 0 Å². The summed E-state index contributed by atoms with van der Waals surface area (Å²) in [4.78, 5) is 44.2. The summed E-state index contributed by atoms with van der Waals surface area (Å²) in [6.45, 7) is 2.62. The van der Waals surface area contributed by atoms with Crippen LogP contribution in [0.3, 0.4) is 0 Å². The van der Waals surface area contributed by atoms with Crippen LogP contribution in [0.1, 0.15) is 18.9 Å². The minimum atomic E-state index is -0.883. The van der Waals surface area contributed by atoms with Crippen molar-refractivity contribution in [2.24, 2.45) is 11.8 Å². The molecule has 1 N–H and O–H groups in total. The highest BCUT2D eigenvalue weighted by molar-refractivity contribution is 8.02. The van der Waals surface area contributed by atoms with Crippen LogP contribution in [-0.4, -0.2) is 74.5 Å². The molecule has 4 heterocycles. The Morgan fingerprint density at radius 3 is 2.73 bits per heavy atom. The highest BCUT2D eigenvalue weighted by atomic mass is 32.2. The number of aliphatic hydroxyl groups is 1. The largest absolute Gasteiger partial charge is 0.465 e. The molecule has 1 aromatic rings. The van der Waals surface area contributed by atoms with Gasteiger partial charge in [-0.15, -0.1) is 11.8 Å². The summed E-state index contributed by atoms with van der Waals surface area (Å²) in [5.74, 6) is -2.16. The second kappa shape index (κ2) is 8.65. The Hall–Kier alpha value is -2.58. The SMILES string of the molecule is C[C@H](CO)N1C(=O)[C@@H]2[C@H]3C(=O)OCCC=C[C@H]3S[C@@]23C=CCN(Cc2ccccc2)C(=O)C13. The van der Waals surface area contributed by atoms with Crippen LogP contribution in [0, 0.1) is 11.8 Å². The molecule has 2 saturated heterocycles. The summed E-state index contributed by atoms with van der Waals surface area (Å²) in [6.07, 6.45) is 8.56. The lowest BCUT2D eigenvalue weighted by Gasteiger charge is -2.37. The van der Waals surface area contributed by atoms with Crippen molar-refractivity contribution in [1.82, 2.24) is 9.80 Å². The molecule has 0 aromatic heterocycles. The van der Waals surface area contributed by atoms with Crippen LogP contribution < -0.4 is 0 Å². The smallest absolute Gasteiger partial charge is 0.311 e. The van der Waals surface area contributed by atoms with E-state index in [1.165, 1.54) is 16.7 Å². The van der Waals surface area contributed by atoms with Crippen LogP contribution in [0.5, 0.6) is 0 Å². The molecule has 6 atom stereocenters. The molecule has 0 radical (unpaired) electrons. The van der Waals surface area contributed by atoms with E-state index in [1.54, 1.807) is 11.8 Å². The maximum absolute atomic E-state index is 14.0. The van der Waals surface area contributed by atoms with Gasteiger partial charge >= 0.3 is 5.97 Å². The molecule has 174 valence electrons. The zero-order valence-corrected chi connectivity index (χ0v) is 19.3. The summed E-state index contributed by atoms with van der Waals surface area (Å²) >= 11 is 1.52. The van der Waals surface area contributed by atoms with Crippen LogP contribution in [0.15, 0.2) is 54.6 Å². The first-order chi connectivity index (χ1) is 16.0. The Labute approximate surface area is 197 Å². The molecular formula is C25H28N2O5S. The summed E-state index contributed by atoms with van der Waals surface area (Å²) in [5, 5.41) is 9.70. The van der Waals surface area contributed by atoms with Gasteiger partial charge in [-0.1, -0.05) is 54.6 Å². The summed E-state index contributed by atoms with van der Waals surface area (Å²) in [6, 6.07) is 8.42. The van der Waals surface area contributed by atoms with Gasteiger partial charge in [-0.3, -0.25) is 14.4 Å². The molecule has 1 spiro atoms. The topological polar surface area (TPSA) is 87.2 Å². The lowest BCUT2D eigenvalue weighted by atomic mass is 9.78. The Morgan fingerprint density at radius 2 is 1.97 bits per heavy atom. The minimum Gasteiger partial charge on any atom is -0.465 e. The van der Waals surface area contributed by atoms with E-state index in [0.29, 0.717) is 19.5 Å². The molecule has 0 saturated carbocycles. The van der Waals surface area contributed by atoms with Crippen LogP contribution in [0.2, 0.25) is 0 Å². The molecule has 8 heteroatoms. The van der Waals surface area contributed by atoms with Crippen molar-refractivity contribution >= 4 is 29.5 Å². The number of hydrogen-bond acceptors (Lipinski definition) is 6. The molecule has 5 rings (SSSR count). The Bertz CT molecular complexity index is 1010. The number of benzene rings is 1. The predicted molar refractivity (Wildman–Crippen MR) is 124 cm³/mol. The molecular weight excluding hydrogens is 440 g/mol. The standard InChI is InChI=1S/C25H28N2O5S/c1-16(15-28)27-21-23(30)26(14-17-8-3-2-4-9-17)12-7-11-25(21)20(22(27)29)19-18(33-25)10-5-6-13-32-24(19)31/h2-5,7-11,16,18-21,28H,6,12-15H2,1H3/t16-,18-,19+,20+,21?,25+/m1/s1. The maximum atomic E-state index is 14.0. The number of thioether (sulfide) groups is 1. The van der Waals surface area contributed by atoms with E-state index >= 15 is 0 Å². The van der Waals surface area contributed by atoms with E-state index in [9.17, 15) is 19.5 Å². The third-order valence-corrected chi connectivity index (χ3v) is 8.84. The number of ether oxygens (including phenoxy) is 1. The van der Waals surface area contributed by atoms with Crippen LogP contribution in [0.4, 0.5) is 0 Å². The molecule has 4 aliphatic rings. The maximum Gasteiger partial charge on any atom is 0.311 e. The number of likely N-dealkylation sites (tertiary alicyclic amines) is 1. The fraction of sp³-hybridized carbons (Fsp3) is 0.480. The van der Waals surface area contributed by atoms with Gasteiger partial charge < -0.3 is 19.6 Å². The minimum absolute atomic E-state index is 0.154. The van der Waals surface area contributed by atoms with Crippen molar-refractivity contribution in [2.75, 3.05) is 19.8 Å². The molecule has 2 amide bonds. The monoisotopic (exact) mass is 468 g/mol. The number of cyclic esters (lactones) is 1. The van der Waals surface area contributed by atoms with Gasteiger partial charge in [0, 0.05) is 18.3 Å². The molecule has 2 fully saturated rings. The second-order valence-corrected chi connectivity index (χ2v) is 10.6. The zero-order chi connectivity index (χ0) is 23.2. The summed E-state index contributed by atoms with van der Waals surface area (Å²) in [7, 11) is 0. The number of hydrogen-bond donors (Lipinski definition) is 1. The Balaban J connectivity index is 1.58. The fourth-order valence-electron chi connectivity index (χ4n) is 5.60. The second-order valence-electron chi connectivity index (χ2n) is 9.11. The van der Waals surface area contributed by atoms with Crippen LogP contribution in [0.25, 0.3) is 0 Å². The van der Waals surface area contributed by atoms with Gasteiger partial charge in [0.05, 0.1) is 35.8 Å². The number of carbonyl (C=O) groups excluding carboxylic acids is 3. The highest BCUT2D eigenvalue weighted by Gasteiger charge is 2.71. The van der Waals surface area contributed by atoms with E-state index in [1.807, 2.05) is 54.6 Å². The predicted octanol–water partition coefficient (Wildman–Crippen LogP) is 1.77. The van der Waals surface area contributed by atoms with Crippen molar-refractivity contribution in [2.45, 2.75) is 42.0 Å². The van der Waals surface area contributed by atoms with Gasteiger partial charge in [-0.25, -0.2) is 0 Å². The van der Waals surface area contributed by atoms with Gasteiger partial charge in [-0.2, -0.15) is 0 Å². The Kier molecular flexibility index (Phi) is 5.82. The summed E-state index contributed by atoms with van der Waals surface area (Å²) in [5.41, 5.74) is 1.00. The van der Waals surface area contributed by atoms with Crippen molar-refractivity contribution in [1.29, 1.82) is 0 Å². The van der Waals surface area contributed by atoms with Crippen molar-refractivity contribution in [3.05, 3.63) is 60.2 Å². The van der Waals surface area contributed by atoms with E-state index in [0.717, 1.165) is 5.56 Å². The normalized spacial score (nSPS) is 34.2. The van der Waals surface area contributed by atoms with E-state index in [2.05, 4.69) is 0 Å². The quantitative estimate of drug-likeness (QED) is 0.535. The number of rotatable bonds is 4. The molecule has 1 unspecified atom stereocenters. The number of carbonyl (C=O) groups is 3. The van der Waals surface area contributed by atoms with Gasteiger partial charge in [0.15, 0.2) is 0 Å². The average molecular weight is 469 g/mol. The van der Waals surface area contributed by atoms with Gasteiger partial charge in [0.25, 0.3) is 0 Å². The third kappa shape index (κ3) is 3.51. The Morgan fingerprint density at radius 1 is 1.18 bits per heavy atom. The molecule has 4 aliphatic heterocycles. The lowest BCUT2D eigenvalue weighted by Crippen LogP contribution is -2.55. The van der Waals surface area contributed by atoms with Gasteiger partial charge in [0.1, 0.15) is 6.04 Å². The van der Waals surface area contributed by atoms with E-state index < -0.39 is 28.7 Å². The van der Waals surface area contributed by atoms with Gasteiger partial charge in [0.2, 0.25) is 11.8 Å². The highest BCUT2D eigenvalue weighted by Crippen LogP contribution is 2.61. The number of fused-ring (bicyclic) bond motifs is 2. The van der Waals surface area contributed by atoms with Crippen LogP contribution in [-0.2, 0) is 25.7 Å². The van der Waals surface area contributed by atoms with E-state index in [4.69, 9.17) is 4.74 Å². The average Bonchev–Trinajstić information content (AvgIpc) is 3.20. The van der Waals surface area contributed by atoms with Crippen molar-refractivity contribution < 1.29 is 24.2 Å². The number of aliphatic hydroxyl groups excluding tert-OH is 1. The first-order valence-electron chi connectivity index (χ1n) is 11.4. The van der Waals surface area contributed by atoms with Crippen LogP contribution >= 0.6 is 11.8 Å². The first-order valence-corrected chi connectivity index (χ1v) is 12.3. The molecule has 1 aromatic carbocycles.